The van der Waals surface area contributed by atoms with Crippen LogP contribution in [0.2, 0.25) is 0 Å². The Morgan fingerprint density at radius 3 is 1.44 bits per heavy atom. The number of rotatable bonds is 5. The Bertz CT molecular complexity index is 1280. The number of hydrogen-bond acceptors (Lipinski definition) is 2. The van der Waals surface area contributed by atoms with Crippen molar-refractivity contribution in [1.29, 1.82) is 0 Å². The zero-order valence-electron chi connectivity index (χ0n) is 17.6. The van der Waals surface area contributed by atoms with Crippen molar-refractivity contribution < 1.29 is 0 Å². The van der Waals surface area contributed by atoms with Crippen LogP contribution in [-0.4, -0.2) is 9.97 Å². The van der Waals surface area contributed by atoms with E-state index in [0.29, 0.717) is 0 Å². The van der Waals surface area contributed by atoms with Crippen molar-refractivity contribution in [3.8, 4) is 45.0 Å². The second kappa shape index (κ2) is 8.83. The average Bonchev–Trinajstić information content (AvgIpc) is 2.89. The van der Waals surface area contributed by atoms with Crippen LogP contribution in [0, 0.1) is 0 Å². The van der Waals surface area contributed by atoms with Crippen LogP contribution in [0.5, 0.6) is 0 Å². The van der Waals surface area contributed by atoms with E-state index < -0.39 is 0 Å². The van der Waals surface area contributed by atoms with Crippen molar-refractivity contribution in [2.45, 2.75) is 0 Å². The first-order chi connectivity index (χ1) is 15.8. The Balaban J connectivity index is 1.56. The molecule has 0 saturated heterocycles. The Labute approximate surface area is 188 Å². The van der Waals surface area contributed by atoms with E-state index in [1.54, 1.807) is 0 Å². The summed E-state index contributed by atoms with van der Waals surface area (Å²) in [5, 5.41) is 0. The van der Waals surface area contributed by atoms with Gasteiger partial charge in [-0.15, -0.1) is 0 Å². The van der Waals surface area contributed by atoms with Crippen LogP contribution >= 0.6 is 0 Å². The van der Waals surface area contributed by atoms with Gasteiger partial charge in [0.2, 0.25) is 0 Å². The van der Waals surface area contributed by atoms with Crippen LogP contribution in [-0.2, 0) is 0 Å². The smallest absolute Gasteiger partial charge is 0.160 e. The second-order valence-electron chi connectivity index (χ2n) is 7.60. The Morgan fingerprint density at radius 1 is 0.469 bits per heavy atom. The Morgan fingerprint density at radius 2 is 0.906 bits per heavy atom. The Kier molecular flexibility index (Phi) is 5.42. The first-order valence-corrected chi connectivity index (χ1v) is 10.6. The summed E-state index contributed by atoms with van der Waals surface area (Å²) in [6.07, 6.45) is 1.86. The molecule has 152 valence electrons. The van der Waals surface area contributed by atoms with Crippen molar-refractivity contribution in [2.24, 2.45) is 0 Å². The molecule has 0 atom stereocenters. The first-order valence-electron chi connectivity index (χ1n) is 10.6. The number of aromatic nitrogens is 2. The van der Waals surface area contributed by atoms with Gasteiger partial charge in [-0.25, -0.2) is 9.97 Å². The van der Waals surface area contributed by atoms with Gasteiger partial charge in [-0.1, -0.05) is 122 Å². The summed E-state index contributed by atoms with van der Waals surface area (Å²) in [6.45, 7) is 3.82. The molecule has 1 heterocycles. The molecule has 0 aliphatic carbocycles. The van der Waals surface area contributed by atoms with Crippen LogP contribution in [0.1, 0.15) is 5.56 Å². The lowest BCUT2D eigenvalue weighted by molar-refractivity contribution is 1.18. The van der Waals surface area contributed by atoms with Crippen molar-refractivity contribution in [2.75, 3.05) is 0 Å². The minimum Gasteiger partial charge on any atom is -0.228 e. The zero-order valence-corrected chi connectivity index (χ0v) is 17.6. The first kappa shape index (κ1) is 19.7. The van der Waals surface area contributed by atoms with Gasteiger partial charge in [0.05, 0.1) is 11.4 Å². The van der Waals surface area contributed by atoms with E-state index in [9.17, 15) is 0 Å². The standard InChI is InChI=1S/C30H22N2/c1-2-22-13-15-23(16-14-22)24-17-19-26(20-18-24)29-21-28(25-9-5-3-6-10-25)31-30(32-29)27-11-7-4-8-12-27/h2-21H,1H2. The summed E-state index contributed by atoms with van der Waals surface area (Å²) in [7, 11) is 0. The van der Waals surface area contributed by atoms with Gasteiger partial charge in [-0.3, -0.25) is 0 Å². The molecule has 0 spiro atoms. The molecule has 1 aromatic heterocycles. The lowest BCUT2D eigenvalue weighted by Crippen LogP contribution is -1.95. The molecule has 4 aromatic carbocycles. The topological polar surface area (TPSA) is 25.8 Å². The quantitative estimate of drug-likeness (QED) is 0.295. The fourth-order valence-corrected chi connectivity index (χ4v) is 3.71. The lowest BCUT2D eigenvalue weighted by Gasteiger charge is -2.10. The van der Waals surface area contributed by atoms with E-state index in [-0.39, 0.29) is 0 Å². The van der Waals surface area contributed by atoms with Crippen LogP contribution in [0.15, 0.2) is 122 Å². The van der Waals surface area contributed by atoms with Crippen molar-refractivity contribution in [3.63, 3.8) is 0 Å². The third kappa shape index (κ3) is 4.12. The lowest BCUT2D eigenvalue weighted by atomic mass is 10.0. The second-order valence-corrected chi connectivity index (χ2v) is 7.60. The highest BCUT2D eigenvalue weighted by molar-refractivity contribution is 5.74. The molecule has 2 heteroatoms. The summed E-state index contributed by atoms with van der Waals surface area (Å²) >= 11 is 0. The van der Waals surface area contributed by atoms with E-state index in [1.807, 2.05) is 54.6 Å². The van der Waals surface area contributed by atoms with Gasteiger partial charge in [0.15, 0.2) is 5.82 Å². The fourth-order valence-electron chi connectivity index (χ4n) is 3.71. The van der Waals surface area contributed by atoms with E-state index in [4.69, 9.17) is 9.97 Å². The highest BCUT2D eigenvalue weighted by Crippen LogP contribution is 2.29. The van der Waals surface area contributed by atoms with E-state index >= 15 is 0 Å². The van der Waals surface area contributed by atoms with Crippen LogP contribution in [0.4, 0.5) is 0 Å². The number of nitrogens with zero attached hydrogens (tertiary/aromatic N) is 2. The highest BCUT2D eigenvalue weighted by atomic mass is 14.9. The molecule has 2 nitrogen and oxygen atoms in total. The van der Waals surface area contributed by atoms with Crippen molar-refractivity contribution in [1.82, 2.24) is 9.97 Å². The maximum absolute atomic E-state index is 4.90. The third-order valence-corrected chi connectivity index (χ3v) is 5.49. The highest BCUT2D eigenvalue weighted by Gasteiger charge is 2.10. The van der Waals surface area contributed by atoms with Gasteiger partial charge in [-0.2, -0.15) is 0 Å². The SMILES string of the molecule is C=Cc1ccc(-c2ccc(-c3cc(-c4ccccc4)nc(-c4ccccc4)n3)cc2)cc1. The van der Waals surface area contributed by atoms with Gasteiger partial charge < -0.3 is 0 Å². The van der Waals surface area contributed by atoms with E-state index in [2.05, 4.69) is 73.3 Å². The van der Waals surface area contributed by atoms with E-state index in [0.717, 1.165) is 39.5 Å². The summed E-state index contributed by atoms with van der Waals surface area (Å²) in [6, 6.07) is 39.4. The summed E-state index contributed by atoms with van der Waals surface area (Å²) in [5.74, 6) is 0.728. The molecule has 0 amide bonds. The van der Waals surface area contributed by atoms with Gasteiger partial charge in [0, 0.05) is 16.7 Å². The van der Waals surface area contributed by atoms with Gasteiger partial charge in [0.25, 0.3) is 0 Å². The van der Waals surface area contributed by atoms with Gasteiger partial charge in [-0.05, 0) is 22.8 Å². The van der Waals surface area contributed by atoms with Crippen LogP contribution < -0.4 is 0 Å². The molecule has 0 unspecified atom stereocenters. The third-order valence-electron chi connectivity index (χ3n) is 5.49. The van der Waals surface area contributed by atoms with Gasteiger partial charge >= 0.3 is 0 Å². The minimum absolute atomic E-state index is 0.728. The minimum atomic E-state index is 0.728. The van der Waals surface area contributed by atoms with Crippen LogP contribution in [0.25, 0.3) is 51.1 Å². The summed E-state index contributed by atoms with van der Waals surface area (Å²) < 4.78 is 0. The maximum Gasteiger partial charge on any atom is 0.160 e. The molecule has 0 bridgehead atoms. The molecule has 32 heavy (non-hydrogen) atoms. The molecule has 5 rings (SSSR count). The fraction of sp³-hybridized carbons (Fsp3) is 0. The maximum atomic E-state index is 4.90. The molecule has 0 radical (unpaired) electrons. The number of hydrogen-bond donors (Lipinski definition) is 0. The van der Waals surface area contributed by atoms with E-state index in [1.165, 1.54) is 11.1 Å². The summed E-state index contributed by atoms with van der Waals surface area (Å²) in [5.41, 5.74) is 8.44. The van der Waals surface area contributed by atoms with Crippen molar-refractivity contribution >= 4 is 6.08 Å². The zero-order chi connectivity index (χ0) is 21.8. The van der Waals surface area contributed by atoms with Crippen LogP contribution in [0.3, 0.4) is 0 Å². The molecule has 0 aliphatic rings. The Hall–Kier alpha value is -4.30. The molecular formula is C30H22N2. The summed E-state index contributed by atoms with van der Waals surface area (Å²) in [4.78, 5) is 9.76. The predicted octanol–water partition coefficient (Wildman–Crippen LogP) is 7.79. The average molecular weight is 411 g/mol. The van der Waals surface area contributed by atoms with Gasteiger partial charge in [0.1, 0.15) is 0 Å². The largest absolute Gasteiger partial charge is 0.228 e. The molecule has 0 N–H and O–H groups in total. The number of benzene rings is 4. The monoisotopic (exact) mass is 410 g/mol. The molecule has 0 fully saturated rings. The normalized spacial score (nSPS) is 10.6. The predicted molar refractivity (Wildman–Crippen MR) is 134 cm³/mol. The molecule has 0 aliphatic heterocycles. The molecule has 0 saturated carbocycles. The molecule has 5 aromatic rings. The molecular weight excluding hydrogens is 388 g/mol. The van der Waals surface area contributed by atoms with Crippen molar-refractivity contribution in [3.05, 3.63) is 127 Å².